The number of carbonyl (C=O) groups is 2. The van der Waals surface area contributed by atoms with Gasteiger partial charge in [-0.2, -0.15) is 0 Å². The van der Waals surface area contributed by atoms with E-state index < -0.39 is 0 Å². The number of amides is 1. The summed E-state index contributed by atoms with van der Waals surface area (Å²) in [5, 5.41) is 2.97. The van der Waals surface area contributed by atoms with Crippen LogP contribution in [-0.2, 0) is 14.3 Å². The largest absolute Gasteiger partial charge is 0.461 e. The van der Waals surface area contributed by atoms with Crippen molar-refractivity contribution in [2.45, 2.75) is 24.3 Å². The Bertz CT molecular complexity index is 677. The molecule has 2 aliphatic carbocycles. The summed E-state index contributed by atoms with van der Waals surface area (Å²) in [5.74, 6) is -0.440. The topological polar surface area (TPSA) is 55.4 Å². The third kappa shape index (κ3) is 1.99. The number of fused-ring (bicyclic) bond motifs is 1. The number of nitrogens with one attached hydrogen (secondary N) is 1. The summed E-state index contributed by atoms with van der Waals surface area (Å²) in [7, 11) is 0. The van der Waals surface area contributed by atoms with Crippen LogP contribution in [0.5, 0.6) is 0 Å². The average Bonchev–Trinajstić information content (AvgIpc) is 3.07. The molecule has 2 bridgehead atoms. The van der Waals surface area contributed by atoms with E-state index in [4.69, 9.17) is 4.74 Å². The maximum Gasteiger partial charge on any atom is 0.310 e. The van der Waals surface area contributed by atoms with Gasteiger partial charge in [-0.3, -0.25) is 9.59 Å². The molecule has 0 unspecified atom stereocenters. The Morgan fingerprint density at radius 1 is 1.36 bits per heavy atom. The van der Waals surface area contributed by atoms with Crippen molar-refractivity contribution in [1.82, 2.24) is 0 Å². The molecule has 6 atom stereocenters. The maximum absolute atomic E-state index is 12.7. The number of aryl methyl sites for hydroxylation is 1. The van der Waals surface area contributed by atoms with Gasteiger partial charge >= 0.3 is 5.97 Å². The molecule has 4 rings (SSSR count). The van der Waals surface area contributed by atoms with Crippen LogP contribution in [0.2, 0.25) is 0 Å². The minimum Gasteiger partial charge on any atom is -0.461 e. The van der Waals surface area contributed by atoms with E-state index in [0.29, 0.717) is 0 Å². The predicted octanol–water partition coefficient (Wildman–Crippen LogP) is 3.27. The van der Waals surface area contributed by atoms with E-state index >= 15 is 0 Å². The smallest absolute Gasteiger partial charge is 0.310 e. The second kappa shape index (κ2) is 5.06. The minimum atomic E-state index is -0.287. The summed E-state index contributed by atoms with van der Waals surface area (Å²) in [6, 6.07) is 5.71. The highest BCUT2D eigenvalue weighted by molar-refractivity contribution is 9.10. The highest BCUT2D eigenvalue weighted by atomic mass is 79.9. The molecule has 1 aliphatic heterocycles. The number of rotatable bonds is 2. The number of alkyl halides is 1. The second-order valence-electron chi connectivity index (χ2n) is 6.41. The highest BCUT2D eigenvalue weighted by Crippen LogP contribution is 2.60. The Morgan fingerprint density at radius 2 is 2.14 bits per heavy atom. The number of anilines is 1. The van der Waals surface area contributed by atoms with Crippen LogP contribution >= 0.6 is 31.9 Å². The fraction of sp³-hybridized carbons (Fsp3) is 0.500. The fourth-order valence-electron chi connectivity index (χ4n) is 4.28. The second-order valence-corrected chi connectivity index (χ2v) is 8.33. The molecular formula is C16H15Br2NO3. The summed E-state index contributed by atoms with van der Waals surface area (Å²) in [6.45, 7) is 1.98. The lowest BCUT2D eigenvalue weighted by atomic mass is 9.79. The summed E-state index contributed by atoms with van der Waals surface area (Å²) in [5.41, 5.74) is 1.83. The summed E-state index contributed by atoms with van der Waals surface area (Å²) in [4.78, 5) is 24.9. The van der Waals surface area contributed by atoms with Gasteiger partial charge in [0.1, 0.15) is 6.10 Å². The van der Waals surface area contributed by atoms with Gasteiger partial charge in [-0.15, -0.1) is 0 Å². The number of halogens is 2. The lowest BCUT2D eigenvalue weighted by molar-refractivity contribution is -0.145. The van der Waals surface area contributed by atoms with E-state index in [-0.39, 0.29) is 46.5 Å². The Morgan fingerprint density at radius 3 is 2.86 bits per heavy atom. The van der Waals surface area contributed by atoms with Crippen LogP contribution < -0.4 is 5.32 Å². The molecule has 1 N–H and O–H groups in total. The van der Waals surface area contributed by atoms with Gasteiger partial charge in [0.15, 0.2) is 0 Å². The molecular weight excluding hydrogens is 414 g/mol. The Kier molecular flexibility index (Phi) is 3.38. The van der Waals surface area contributed by atoms with E-state index in [2.05, 4.69) is 37.2 Å². The summed E-state index contributed by atoms with van der Waals surface area (Å²) < 4.78 is 6.45. The number of carbonyl (C=O) groups excluding carboxylic acids is 2. The lowest BCUT2D eigenvalue weighted by Crippen LogP contribution is -2.40. The third-order valence-corrected chi connectivity index (χ3v) is 7.34. The van der Waals surface area contributed by atoms with Gasteiger partial charge in [-0.1, -0.05) is 31.9 Å². The first kappa shape index (κ1) is 14.7. The molecule has 1 saturated heterocycles. The normalized spacial score (nSPS) is 38.2. The monoisotopic (exact) mass is 427 g/mol. The van der Waals surface area contributed by atoms with Crippen LogP contribution in [0, 0.1) is 30.6 Å². The first-order chi connectivity index (χ1) is 10.5. The number of ether oxygens (including phenoxy) is 1. The number of esters is 1. The number of benzene rings is 1. The van der Waals surface area contributed by atoms with Crippen molar-refractivity contribution in [3.63, 3.8) is 0 Å². The van der Waals surface area contributed by atoms with Crippen molar-refractivity contribution in [3.05, 3.63) is 28.2 Å². The van der Waals surface area contributed by atoms with Gasteiger partial charge in [0.05, 0.1) is 16.7 Å². The van der Waals surface area contributed by atoms with E-state index in [9.17, 15) is 9.59 Å². The minimum absolute atomic E-state index is 0.0403. The van der Waals surface area contributed by atoms with Crippen LogP contribution in [0.25, 0.3) is 0 Å². The molecule has 2 saturated carbocycles. The fourth-order valence-corrected chi connectivity index (χ4v) is 5.57. The molecule has 0 spiro atoms. The first-order valence-corrected chi connectivity index (χ1v) is 9.10. The molecule has 1 amide bonds. The van der Waals surface area contributed by atoms with E-state index in [1.54, 1.807) is 0 Å². The van der Waals surface area contributed by atoms with Gasteiger partial charge in [-0.05, 0) is 43.0 Å². The molecule has 4 nitrogen and oxygen atoms in total. The van der Waals surface area contributed by atoms with Crippen molar-refractivity contribution in [2.24, 2.45) is 23.7 Å². The molecule has 3 aliphatic rings. The molecule has 1 aromatic carbocycles. The first-order valence-electron chi connectivity index (χ1n) is 7.39. The average molecular weight is 429 g/mol. The quantitative estimate of drug-likeness (QED) is 0.581. The van der Waals surface area contributed by atoms with Crippen molar-refractivity contribution >= 4 is 49.4 Å². The summed E-state index contributed by atoms with van der Waals surface area (Å²) >= 11 is 7.08. The maximum atomic E-state index is 12.7. The van der Waals surface area contributed by atoms with Crippen LogP contribution in [-0.4, -0.2) is 22.8 Å². The molecule has 0 radical (unpaired) electrons. The number of hydrogen-bond donors (Lipinski definition) is 1. The van der Waals surface area contributed by atoms with Crippen LogP contribution in [0.1, 0.15) is 12.0 Å². The van der Waals surface area contributed by atoms with Gasteiger partial charge < -0.3 is 10.1 Å². The molecule has 22 heavy (non-hydrogen) atoms. The third-order valence-electron chi connectivity index (χ3n) is 5.25. The zero-order valence-electron chi connectivity index (χ0n) is 11.9. The van der Waals surface area contributed by atoms with Crippen molar-refractivity contribution < 1.29 is 14.3 Å². The van der Waals surface area contributed by atoms with Gasteiger partial charge in [-0.25, -0.2) is 0 Å². The standard InChI is InChI=1S/C16H15Br2NO3/c1-6-4-7(2-3-10(6)17)19-15(20)11-8-5-9-12(11)16(21)22-14(9)13(8)18/h2-4,8-9,11-14H,5H2,1H3,(H,19,20)/t8-,9-,11-,12-,13+,14+/m1/s1. The van der Waals surface area contributed by atoms with Crippen molar-refractivity contribution in [2.75, 3.05) is 5.32 Å². The number of hydrogen-bond acceptors (Lipinski definition) is 3. The Hall–Kier alpha value is -0.880. The van der Waals surface area contributed by atoms with E-state index in [1.807, 2.05) is 25.1 Å². The van der Waals surface area contributed by atoms with Gasteiger partial charge in [0, 0.05) is 16.1 Å². The van der Waals surface area contributed by atoms with Gasteiger partial charge in [0.25, 0.3) is 0 Å². The van der Waals surface area contributed by atoms with E-state index in [1.165, 1.54) is 0 Å². The van der Waals surface area contributed by atoms with Crippen molar-refractivity contribution in [3.8, 4) is 0 Å². The highest BCUT2D eigenvalue weighted by Gasteiger charge is 2.67. The molecule has 1 aromatic rings. The molecule has 3 fully saturated rings. The molecule has 0 aromatic heterocycles. The van der Waals surface area contributed by atoms with E-state index in [0.717, 1.165) is 22.1 Å². The molecule has 6 heteroatoms. The van der Waals surface area contributed by atoms with Crippen LogP contribution in [0.3, 0.4) is 0 Å². The van der Waals surface area contributed by atoms with Crippen LogP contribution in [0.4, 0.5) is 5.69 Å². The SMILES string of the molecule is Cc1cc(NC(=O)[C@@H]2[C@H]3C[C@H]4[C@H](OC(=O)[C@H]42)[C@H]3Br)ccc1Br. The lowest BCUT2D eigenvalue weighted by Gasteiger charge is -2.27. The van der Waals surface area contributed by atoms with Crippen molar-refractivity contribution in [1.29, 1.82) is 0 Å². The summed E-state index contributed by atoms with van der Waals surface area (Å²) in [6.07, 6.45) is 0.857. The Labute approximate surface area is 145 Å². The van der Waals surface area contributed by atoms with Gasteiger partial charge in [0.2, 0.25) is 5.91 Å². The molecule has 1 heterocycles. The molecule has 116 valence electrons. The zero-order chi connectivity index (χ0) is 15.6. The zero-order valence-corrected chi connectivity index (χ0v) is 15.1. The predicted molar refractivity (Wildman–Crippen MR) is 88.7 cm³/mol. The Balaban J connectivity index is 1.58. The van der Waals surface area contributed by atoms with Crippen LogP contribution in [0.15, 0.2) is 22.7 Å².